The third-order valence-corrected chi connectivity index (χ3v) is 4.33. The van der Waals surface area contributed by atoms with Crippen molar-refractivity contribution in [2.75, 3.05) is 27.2 Å². The molecule has 1 unspecified atom stereocenters. The van der Waals surface area contributed by atoms with Gasteiger partial charge in [-0.05, 0) is 57.6 Å². The van der Waals surface area contributed by atoms with Crippen LogP contribution in [0.5, 0.6) is 5.75 Å². The maximum atomic E-state index is 5.54. The van der Waals surface area contributed by atoms with Crippen LogP contribution in [0.2, 0.25) is 0 Å². The molecule has 3 heteroatoms. The first-order valence-electron chi connectivity index (χ1n) is 7.81. The fourth-order valence-corrected chi connectivity index (χ4v) is 2.89. The summed E-state index contributed by atoms with van der Waals surface area (Å²) in [6.45, 7) is 5.63. The summed E-state index contributed by atoms with van der Waals surface area (Å²) < 4.78 is 5.54. The van der Waals surface area contributed by atoms with Crippen molar-refractivity contribution in [2.45, 2.75) is 45.2 Å². The first-order valence-corrected chi connectivity index (χ1v) is 7.81. The van der Waals surface area contributed by atoms with Crippen molar-refractivity contribution in [1.82, 2.24) is 10.2 Å². The highest BCUT2D eigenvalue weighted by Gasteiger charge is 2.14. The molecule has 2 rings (SSSR count). The molecule has 20 heavy (non-hydrogen) atoms. The number of nitrogens with zero attached hydrogens (tertiary/aromatic N) is 1. The predicted molar refractivity (Wildman–Crippen MR) is 84.2 cm³/mol. The molecular formula is C17H28N2O. The second kappa shape index (κ2) is 7.65. The summed E-state index contributed by atoms with van der Waals surface area (Å²) in [5.41, 5.74) is 2.65. The summed E-state index contributed by atoms with van der Waals surface area (Å²) in [5.74, 6) is 1.02. The zero-order chi connectivity index (χ0) is 14.4. The van der Waals surface area contributed by atoms with Gasteiger partial charge in [0.05, 0.1) is 7.11 Å². The predicted octanol–water partition coefficient (Wildman–Crippen LogP) is 3.35. The number of benzene rings is 1. The Morgan fingerprint density at radius 3 is 2.50 bits per heavy atom. The van der Waals surface area contributed by atoms with Crippen LogP contribution in [0.3, 0.4) is 0 Å². The Labute approximate surface area is 123 Å². The van der Waals surface area contributed by atoms with E-state index < -0.39 is 0 Å². The number of hydrogen-bond donors (Lipinski definition) is 1. The minimum atomic E-state index is 0.379. The molecule has 112 valence electrons. The minimum Gasteiger partial charge on any atom is -0.496 e. The zero-order valence-corrected chi connectivity index (χ0v) is 13.1. The summed E-state index contributed by atoms with van der Waals surface area (Å²) in [7, 11) is 3.77. The Balaban J connectivity index is 2.14. The van der Waals surface area contributed by atoms with Crippen LogP contribution in [0.25, 0.3) is 0 Å². The molecule has 1 atom stereocenters. The second-order valence-corrected chi connectivity index (χ2v) is 5.77. The Kier molecular flexibility index (Phi) is 5.86. The quantitative estimate of drug-likeness (QED) is 0.892. The molecule has 0 saturated carbocycles. The fourth-order valence-electron chi connectivity index (χ4n) is 2.89. The van der Waals surface area contributed by atoms with Gasteiger partial charge in [-0.15, -0.1) is 0 Å². The molecule has 1 aliphatic heterocycles. The highest BCUT2D eigenvalue weighted by atomic mass is 16.5. The minimum absolute atomic E-state index is 0.379. The number of rotatable bonds is 5. The summed E-state index contributed by atoms with van der Waals surface area (Å²) in [4.78, 5) is 2.57. The van der Waals surface area contributed by atoms with Gasteiger partial charge in [-0.3, -0.25) is 4.90 Å². The van der Waals surface area contributed by atoms with Crippen LogP contribution in [0.1, 0.15) is 49.8 Å². The van der Waals surface area contributed by atoms with Crippen LogP contribution in [-0.4, -0.2) is 32.1 Å². The maximum Gasteiger partial charge on any atom is 0.123 e. The van der Waals surface area contributed by atoms with Gasteiger partial charge in [0, 0.05) is 18.2 Å². The van der Waals surface area contributed by atoms with Gasteiger partial charge in [0.2, 0.25) is 0 Å². The molecule has 0 aliphatic carbocycles. The second-order valence-electron chi connectivity index (χ2n) is 5.77. The van der Waals surface area contributed by atoms with Gasteiger partial charge < -0.3 is 10.1 Å². The van der Waals surface area contributed by atoms with Gasteiger partial charge in [-0.2, -0.15) is 0 Å². The summed E-state index contributed by atoms with van der Waals surface area (Å²) >= 11 is 0. The van der Waals surface area contributed by atoms with Crippen molar-refractivity contribution in [3.05, 3.63) is 29.3 Å². The lowest BCUT2D eigenvalue weighted by Gasteiger charge is -2.22. The standard InChI is InChI=1S/C17H28N2O/c1-14(18-2)15-8-9-17(20-3)16(12-15)13-19-10-6-4-5-7-11-19/h8-9,12,14,18H,4-7,10-11,13H2,1-3H3. The van der Waals surface area contributed by atoms with Crippen molar-refractivity contribution < 1.29 is 4.74 Å². The molecule has 1 heterocycles. The van der Waals surface area contributed by atoms with Crippen molar-refractivity contribution in [1.29, 1.82) is 0 Å². The highest BCUT2D eigenvalue weighted by molar-refractivity contribution is 5.38. The molecule has 0 amide bonds. The highest BCUT2D eigenvalue weighted by Crippen LogP contribution is 2.25. The van der Waals surface area contributed by atoms with Crippen LogP contribution in [0.4, 0.5) is 0 Å². The van der Waals surface area contributed by atoms with Gasteiger partial charge in [0.25, 0.3) is 0 Å². The van der Waals surface area contributed by atoms with Gasteiger partial charge in [0.15, 0.2) is 0 Å². The SMILES string of the molecule is CNC(C)c1ccc(OC)c(CN2CCCCCC2)c1. The van der Waals surface area contributed by atoms with E-state index in [9.17, 15) is 0 Å². The van der Waals surface area contributed by atoms with E-state index >= 15 is 0 Å². The van der Waals surface area contributed by atoms with Crippen molar-refractivity contribution in [2.24, 2.45) is 0 Å². The Morgan fingerprint density at radius 2 is 1.90 bits per heavy atom. The van der Waals surface area contributed by atoms with Crippen LogP contribution < -0.4 is 10.1 Å². The average molecular weight is 276 g/mol. The van der Waals surface area contributed by atoms with E-state index in [1.54, 1.807) is 7.11 Å². The van der Waals surface area contributed by atoms with Gasteiger partial charge in [-0.25, -0.2) is 0 Å². The molecule has 1 fully saturated rings. The topological polar surface area (TPSA) is 24.5 Å². The van der Waals surface area contributed by atoms with Gasteiger partial charge in [0.1, 0.15) is 5.75 Å². The van der Waals surface area contributed by atoms with E-state index in [2.05, 4.69) is 35.3 Å². The van der Waals surface area contributed by atoms with Gasteiger partial charge >= 0.3 is 0 Å². The van der Waals surface area contributed by atoms with Gasteiger partial charge in [-0.1, -0.05) is 18.9 Å². The summed E-state index contributed by atoms with van der Waals surface area (Å²) in [5, 5.41) is 3.31. The van der Waals surface area contributed by atoms with E-state index in [1.165, 1.54) is 49.9 Å². The zero-order valence-electron chi connectivity index (χ0n) is 13.1. The van der Waals surface area contributed by atoms with Crippen LogP contribution in [0, 0.1) is 0 Å². The monoisotopic (exact) mass is 276 g/mol. The molecule has 1 aliphatic rings. The van der Waals surface area contributed by atoms with E-state index in [0.29, 0.717) is 6.04 Å². The fraction of sp³-hybridized carbons (Fsp3) is 0.647. The third kappa shape index (κ3) is 3.97. The molecule has 0 spiro atoms. The Morgan fingerprint density at radius 1 is 1.20 bits per heavy atom. The molecule has 1 aromatic rings. The van der Waals surface area contributed by atoms with Crippen molar-refractivity contribution in [3.8, 4) is 5.75 Å². The molecule has 0 aromatic heterocycles. The molecule has 3 nitrogen and oxygen atoms in total. The normalized spacial score (nSPS) is 18.6. The molecule has 1 saturated heterocycles. The van der Waals surface area contributed by atoms with E-state index in [0.717, 1.165) is 12.3 Å². The molecule has 0 bridgehead atoms. The lowest BCUT2D eigenvalue weighted by molar-refractivity contribution is 0.271. The van der Waals surface area contributed by atoms with Crippen LogP contribution in [0.15, 0.2) is 18.2 Å². The molecule has 0 radical (unpaired) electrons. The third-order valence-electron chi connectivity index (χ3n) is 4.33. The lowest BCUT2D eigenvalue weighted by atomic mass is 10.0. The number of ether oxygens (including phenoxy) is 1. The smallest absolute Gasteiger partial charge is 0.123 e. The number of nitrogens with one attached hydrogen (secondary N) is 1. The maximum absolute atomic E-state index is 5.54. The first-order chi connectivity index (χ1) is 9.74. The molecule has 1 N–H and O–H groups in total. The average Bonchev–Trinajstić information content (AvgIpc) is 2.75. The van der Waals surface area contributed by atoms with E-state index in [1.807, 2.05) is 7.05 Å². The molecular weight excluding hydrogens is 248 g/mol. The lowest BCUT2D eigenvalue weighted by Crippen LogP contribution is -2.24. The van der Waals surface area contributed by atoms with Crippen LogP contribution in [-0.2, 0) is 6.54 Å². The van der Waals surface area contributed by atoms with Crippen LogP contribution >= 0.6 is 0 Å². The number of methoxy groups -OCH3 is 1. The number of likely N-dealkylation sites (tertiary alicyclic amines) is 1. The largest absolute Gasteiger partial charge is 0.496 e. The summed E-state index contributed by atoms with van der Waals surface area (Å²) in [6.07, 6.45) is 5.42. The summed E-state index contributed by atoms with van der Waals surface area (Å²) in [6, 6.07) is 6.94. The van der Waals surface area contributed by atoms with Crippen molar-refractivity contribution >= 4 is 0 Å². The Hall–Kier alpha value is -1.06. The molecule has 1 aromatic carbocycles. The van der Waals surface area contributed by atoms with E-state index in [-0.39, 0.29) is 0 Å². The first kappa shape index (κ1) is 15.3. The van der Waals surface area contributed by atoms with Crippen molar-refractivity contribution in [3.63, 3.8) is 0 Å². The van der Waals surface area contributed by atoms with E-state index in [4.69, 9.17) is 4.74 Å². The number of hydrogen-bond acceptors (Lipinski definition) is 3. The Bertz CT molecular complexity index is 411.